The number of hydrogen-bond donors (Lipinski definition) is 0. The highest BCUT2D eigenvalue weighted by Crippen LogP contribution is 2.29. The summed E-state index contributed by atoms with van der Waals surface area (Å²) >= 11 is 0. The van der Waals surface area contributed by atoms with E-state index in [-0.39, 0.29) is 11.9 Å². The molecule has 0 saturated carbocycles. The van der Waals surface area contributed by atoms with Crippen LogP contribution in [0.3, 0.4) is 0 Å². The molecule has 0 N–H and O–H groups in total. The maximum absolute atomic E-state index is 12.3. The highest BCUT2D eigenvalue weighted by molar-refractivity contribution is 5.95. The summed E-state index contributed by atoms with van der Waals surface area (Å²) in [5.41, 5.74) is 0.890. The Labute approximate surface area is 117 Å². The summed E-state index contributed by atoms with van der Waals surface area (Å²) in [5, 5.41) is 3.91. The minimum Gasteiger partial charge on any atom is -0.361 e. The van der Waals surface area contributed by atoms with E-state index in [0.717, 1.165) is 30.7 Å². The van der Waals surface area contributed by atoms with Crippen molar-refractivity contribution in [1.29, 1.82) is 0 Å². The van der Waals surface area contributed by atoms with E-state index in [1.54, 1.807) is 4.90 Å². The zero-order valence-electron chi connectivity index (χ0n) is 11.7. The third-order valence-electron chi connectivity index (χ3n) is 4.12. The van der Waals surface area contributed by atoms with Gasteiger partial charge >= 0.3 is 6.03 Å². The fourth-order valence-electron chi connectivity index (χ4n) is 2.95. The van der Waals surface area contributed by atoms with Crippen molar-refractivity contribution in [2.75, 3.05) is 19.6 Å². The van der Waals surface area contributed by atoms with Gasteiger partial charge in [-0.05, 0) is 26.2 Å². The first-order valence-corrected chi connectivity index (χ1v) is 7.17. The number of carbonyl (C=O) groups is 2. The zero-order valence-corrected chi connectivity index (χ0v) is 11.7. The molecule has 2 aliphatic rings. The van der Waals surface area contributed by atoms with Crippen molar-refractivity contribution in [3.05, 3.63) is 17.5 Å². The van der Waals surface area contributed by atoms with Crippen LogP contribution in [0, 0.1) is 6.92 Å². The number of nitrogens with zero attached hydrogens (tertiary/aromatic N) is 3. The number of piperidine rings is 1. The van der Waals surface area contributed by atoms with Gasteiger partial charge in [-0.3, -0.25) is 9.69 Å². The van der Waals surface area contributed by atoms with E-state index in [2.05, 4.69) is 5.16 Å². The molecule has 0 unspecified atom stereocenters. The molecular weight excluding hydrogens is 258 g/mol. The Morgan fingerprint density at radius 2 is 2.10 bits per heavy atom. The SMILES string of the molecule is Cc1cc(C2CCN(C(=O)N3CCCC3=O)CC2)on1. The molecule has 1 aromatic heterocycles. The summed E-state index contributed by atoms with van der Waals surface area (Å²) in [6.07, 6.45) is 3.02. The number of imide groups is 1. The van der Waals surface area contributed by atoms with Crippen LogP contribution in [0.5, 0.6) is 0 Å². The molecule has 0 aliphatic carbocycles. The van der Waals surface area contributed by atoms with Crippen molar-refractivity contribution in [2.45, 2.75) is 38.5 Å². The Hall–Kier alpha value is -1.85. The number of urea groups is 1. The van der Waals surface area contributed by atoms with Crippen LogP contribution >= 0.6 is 0 Å². The molecule has 2 saturated heterocycles. The molecule has 0 radical (unpaired) electrons. The van der Waals surface area contributed by atoms with Gasteiger partial charge in [0, 0.05) is 38.0 Å². The first-order chi connectivity index (χ1) is 9.65. The molecule has 108 valence electrons. The van der Waals surface area contributed by atoms with Crippen LogP contribution in [0.15, 0.2) is 10.6 Å². The highest BCUT2D eigenvalue weighted by Gasteiger charge is 2.33. The summed E-state index contributed by atoms with van der Waals surface area (Å²) in [4.78, 5) is 27.0. The maximum Gasteiger partial charge on any atom is 0.326 e. The maximum atomic E-state index is 12.3. The van der Waals surface area contributed by atoms with Crippen molar-refractivity contribution in [3.8, 4) is 0 Å². The Balaban J connectivity index is 1.58. The molecule has 1 aromatic rings. The third-order valence-corrected chi connectivity index (χ3v) is 4.12. The average Bonchev–Trinajstić information content (AvgIpc) is 3.07. The van der Waals surface area contributed by atoms with Crippen LogP contribution in [-0.2, 0) is 4.79 Å². The standard InChI is InChI=1S/C14H19N3O3/c1-10-9-12(20-15-10)11-4-7-16(8-5-11)14(19)17-6-2-3-13(17)18/h9,11H,2-8H2,1H3. The number of likely N-dealkylation sites (tertiary alicyclic amines) is 2. The van der Waals surface area contributed by atoms with E-state index in [9.17, 15) is 9.59 Å². The first kappa shape index (κ1) is 13.1. The third kappa shape index (κ3) is 2.42. The molecule has 0 bridgehead atoms. The van der Waals surface area contributed by atoms with E-state index in [1.165, 1.54) is 4.90 Å². The van der Waals surface area contributed by atoms with Gasteiger partial charge < -0.3 is 9.42 Å². The average molecular weight is 277 g/mol. The molecule has 6 nitrogen and oxygen atoms in total. The lowest BCUT2D eigenvalue weighted by atomic mass is 9.94. The Kier molecular flexibility index (Phi) is 3.46. The van der Waals surface area contributed by atoms with Gasteiger partial charge in [0.1, 0.15) is 5.76 Å². The van der Waals surface area contributed by atoms with Gasteiger partial charge in [0.2, 0.25) is 5.91 Å². The van der Waals surface area contributed by atoms with Crippen LogP contribution in [-0.4, -0.2) is 46.5 Å². The van der Waals surface area contributed by atoms with E-state index in [4.69, 9.17) is 4.52 Å². The second kappa shape index (κ2) is 5.26. The summed E-state index contributed by atoms with van der Waals surface area (Å²) in [5.74, 6) is 1.20. The largest absolute Gasteiger partial charge is 0.361 e. The van der Waals surface area contributed by atoms with Gasteiger partial charge in [0.05, 0.1) is 5.69 Å². The van der Waals surface area contributed by atoms with Gasteiger partial charge in [0.15, 0.2) is 0 Å². The summed E-state index contributed by atoms with van der Waals surface area (Å²) in [6.45, 7) is 3.82. The van der Waals surface area contributed by atoms with Crippen molar-refractivity contribution in [2.24, 2.45) is 0 Å². The van der Waals surface area contributed by atoms with E-state index < -0.39 is 0 Å². The molecule has 3 heterocycles. The van der Waals surface area contributed by atoms with Crippen LogP contribution in [0.2, 0.25) is 0 Å². The molecule has 0 spiro atoms. The van der Waals surface area contributed by atoms with E-state index >= 15 is 0 Å². The normalized spacial score (nSPS) is 20.8. The monoisotopic (exact) mass is 277 g/mol. The minimum atomic E-state index is -0.125. The summed E-state index contributed by atoms with van der Waals surface area (Å²) in [7, 11) is 0. The van der Waals surface area contributed by atoms with Gasteiger partial charge in [-0.2, -0.15) is 0 Å². The molecule has 0 aromatic carbocycles. The fraction of sp³-hybridized carbons (Fsp3) is 0.643. The molecule has 3 amide bonds. The quantitative estimate of drug-likeness (QED) is 0.786. The molecule has 2 aliphatic heterocycles. The van der Waals surface area contributed by atoms with E-state index in [0.29, 0.717) is 32.0 Å². The van der Waals surface area contributed by atoms with Crippen molar-refractivity contribution in [1.82, 2.24) is 15.0 Å². The first-order valence-electron chi connectivity index (χ1n) is 7.17. The van der Waals surface area contributed by atoms with Gasteiger partial charge in [0.25, 0.3) is 0 Å². The van der Waals surface area contributed by atoms with Gasteiger partial charge in [-0.15, -0.1) is 0 Å². The minimum absolute atomic E-state index is 0.0389. The van der Waals surface area contributed by atoms with Crippen molar-refractivity contribution in [3.63, 3.8) is 0 Å². The number of rotatable bonds is 1. The lowest BCUT2D eigenvalue weighted by Crippen LogP contribution is -2.46. The number of amides is 3. The number of aryl methyl sites for hydroxylation is 1. The molecular formula is C14H19N3O3. The second-order valence-electron chi connectivity index (χ2n) is 5.56. The molecule has 0 atom stereocenters. The molecule has 2 fully saturated rings. The van der Waals surface area contributed by atoms with Crippen molar-refractivity contribution < 1.29 is 14.1 Å². The van der Waals surface area contributed by atoms with Crippen LogP contribution in [0.25, 0.3) is 0 Å². The smallest absolute Gasteiger partial charge is 0.326 e. The predicted molar refractivity (Wildman–Crippen MR) is 71.1 cm³/mol. The Bertz CT molecular complexity index is 517. The highest BCUT2D eigenvalue weighted by atomic mass is 16.5. The van der Waals surface area contributed by atoms with Crippen LogP contribution in [0.1, 0.15) is 43.1 Å². The second-order valence-corrected chi connectivity index (χ2v) is 5.56. The number of hydrogen-bond acceptors (Lipinski definition) is 4. The topological polar surface area (TPSA) is 66.7 Å². The van der Waals surface area contributed by atoms with Gasteiger partial charge in [-0.1, -0.05) is 5.16 Å². The molecule has 3 rings (SSSR count). The summed E-state index contributed by atoms with van der Waals surface area (Å²) < 4.78 is 5.30. The van der Waals surface area contributed by atoms with E-state index in [1.807, 2.05) is 13.0 Å². The number of aromatic nitrogens is 1. The van der Waals surface area contributed by atoms with Crippen molar-refractivity contribution >= 4 is 11.9 Å². The lowest BCUT2D eigenvalue weighted by molar-refractivity contribution is -0.125. The Morgan fingerprint density at radius 3 is 2.65 bits per heavy atom. The van der Waals surface area contributed by atoms with Crippen LogP contribution < -0.4 is 0 Å². The van der Waals surface area contributed by atoms with Gasteiger partial charge in [-0.25, -0.2) is 4.79 Å². The van der Waals surface area contributed by atoms with Crippen LogP contribution in [0.4, 0.5) is 4.79 Å². The predicted octanol–water partition coefficient (Wildman–Crippen LogP) is 1.90. The zero-order chi connectivity index (χ0) is 14.1. The number of carbonyl (C=O) groups excluding carboxylic acids is 2. The fourth-order valence-corrected chi connectivity index (χ4v) is 2.95. The molecule has 20 heavy (non-hydrogen) atoms. The Morgan fingerprint density at radius 1 is 1.35 bits per heavy atom. The molecule has 6 heteroatoms. The summed E-state index contributed by atoms with van der Waals surface area (Å²) in [6, 6.07) is 1.84. The lowest BCUT2D eigenvalue weighted by Gasteiger charge is -2.33.